The minimum absolute atomic E-state index is 0.0407. The lowest BCUT2D eigenvalue weighted by atomic mass is 10.1. The molecule has 0 saturated carbocycles. The number of hydrogen-bond acceptors (Lipinski definition) is 5. The second-order valence-electron chi connectivity index (χ2n) is 9.28. The smallest absolute Gasteiger partial charge is 0.273 e. The van der Waals surface area contributed by atoms with E-state index in [4.69, 9.17) is 28.2 Å². The highest BCUT2D eigenvalue weighted by Gasteiger charge is 2.24. The molecule has 0 unspecified atom stereocenters. The average molecular weight is 570 g/mol. The lowest BCUT2D eigenvalue weighted by Crippen LogP contribution is -2.48. The summed E-state index contributed by atoms with van der Waals surface area (Å²) in [6.07, 6.45) is 0. The third-order valence-electron chi connectivity index (χ3n) is 6.51. The van der Waals surface area contributed by atoms with E-state index in [1.165, 1.54) is 23.5 Å². The summed E-state index contributed by atoms with van der Waals surface area (Å²) in [7, 11) is 0. The first kappa shape index (κ1) is 26.6. The quantitative estimate of drug-likeness (QED) is 0.235. The molecule has 4 aromatic rings. The van der Waals surface area contributed by atoms with Crippen LogP contribution in [-0.4, -0.2) is 46.9 Å². The molecule has 1 aromatic heterocycles. The van der Waals surface area contributed by atoms with Gasteiger partial charge in [0.2, 0.25) is 0 Å². The zero-order chi connectivity index (χ0) is 26.5. The maximum Gasteiger partial charge on any atom is 0.273 e. The SMILES string of the molecule is O=C(c1csc(CN(Cc2ccc(F)cc2)Cc2ccc(Cl)cc2)n1)N1CCN(c2cccc(Cl)c2)CC1. The summed E-state index contributed by atoms with van der Waals surface area (Å²) in [5.41, 5.74) is 3.67. The number of rotatable bonds is 8. The molecule has 0 bridgehead atoms. The van der Waals surface area contributed by atoms with Gasteiger partial charge in [-0.15, -0.1) is 11.3 Å². The highest BCUT2D eigenvalue weighted by atomic mass is 35.5. The van der Waals surface area contributed by atoms with Crippen molar-refractivity contribution in [2.45, 2.75) is 19.6 Å². The standard InChI is InChI=1S/C29H27Cl2FN4OS/c30-23-8-4-21(5-9-23)17-34(18-22-6-10-25(32)11-7-22)19-28-33-27(20-38-28)29(37)36-14-12-35(13-15-36)26-3-1-2-24(31)16-26/h1-11,16,20H,12-15,17-19H2. The number of benzene rings is 3. The molecule has 2 heterocycles. The Hall–Kier alpha value is -2.97. The molecule has 0 radical (unpaired) electrons. The number of carbonyl (C=O) groups excluding carboxylic acids is 1. The number of nitrogens with zero attached hydrogens (tertiary/aromatic N) is 4. The molecule has 0 N–H and O–H groups in total. The van der Waals surface area contributed by atoms with Crippen molar-refractivity contribution in [3.8, 4) is 0 Å². The lowest BCUT2D eigenvalue weighted by Gasteiger charge is -2.35. The van der Waals surface area contributed by atoms with Gasteiger partial charge in [-0.05, 0) is 53.6 Å². The van der Waals surface area contributed by atoms with Crippen LogP contribution in [0.25, 0.3) is 0 Å². The molecule has 38 heavy (non-hydrogen) atoms. The minimum atomic E-state index is -0.255. The number of amides is 1. The molecule has 1 aliphatic heterocycles. The van der Waals surface area contributed by atoms with Gasteiger partial charge in [0.15, 0.2) is 0 Å². The van der Waals surface area contributed by atoms with Crippen LogP contribution in [0.3, 0.4) is 0 Å². The van der Waals surface area contributed by atoms with Gasteiger partial charge in [-0.2, -0.15) is 0 Å². The number of hydrogen-bond donors (Lipinski definition) is 0. The Balaban J connectivity index is 1.23. The number of thiazole rings is 1. The molecule has 196 valence electrons. The number of piperazine rings is 1. The van der Waals surface area contributed by atoms with Crippen LogP contribution in [0.2, 0.25) is 10.0 Å². The molecule has 0 aliphatic carbocycles. The zero-order valence-corrected chi connectivity index (χ0v) is 23.0. The highest BCUT2D eigenvalue weighted by molar-refractivity contribution is 7.09. The van der Waals surface area contributed by atoms with E-state index >= 15 is 0 Å². The molecule has 0 atom stereocenters. The molecule has 1 saturated heterocycles. The number of carbonyl (C=O) groups is 1. The summed E-state index contributed by atoms with van der Waals surface area (Å²) in [6, 6.07) is 22.1. The van der Waals surface area contributed by atoms with E-state index < -0.39 is 0 Å². The Bertz CT molecular complexity index is 1320. The van der Waals surface area contributed by atoms with Gasteiger partial charge in [0.25, 0.3) is 5.91 Å². The second kappa shape index (κ2) is 12.3. The van der Waals surface area contributed by atoms with Crippen LogP contribution in [0.4, 0.5) is 10.1 Å². The van der Waals surface area contributed by atoms with Crippen molar-refractivity contribution in [3.05, 3.63) is 116 Å². The number of halogens is 3. The Morgan fingerprint density at radius 1 is 0.868 bits per heavy atom. The first-order chi connectivity index (χ1) is 18.4. The fraction of sp³-hybridized carbons (Fsp3) is 0.241. The van der Waals surface area contributed by atoms with Gasteiger partial charge >= 0.3 is 0 Å². The van der Waals surface area contributed by atoms with Crippen molar-refractivity contribution in [1.82, 2.24) is 14.8 Å². The van der Waals surface area contributed by atoms with Gasteiger partial charge in [-0.25, -0.2) is 9.37 Å². The molecule has 1 aliphatic rings. The zero-order valence-electron chi connectivity index (χ0n) is 20.7. The van der Waals surface area contributed by atoms with Crippen molar-refractivity contribution in [3.63, 3.8) is 0 Å². The van der Waals surface area contributed by atoms with E-state index in [9.17, 15) is 9.18 Å². The van der Waals surface area contributed by atoms with Crippen molar-refractivity contribution in [2.75, 3.05) is 31.1 Å². The molecule has 5 rings (SSSR count). The molecule has 3 aromatic carbocycles. The van der Waals surface area contributed by atoms with Crippen molar-refractivity contribution in [1.29, 1.82) is 0 Å². The second-order valence-corrected chi connectivity index (χ2v) is 11.1. The van der Waals surface area contributed by atoms with Gasteiger partial charge in [0.1, 0.15) is 16.5 Å². The molecule has 1 fully saturated rings. The molecule has 9 heteroatoms. The fourth-order valence-corrected chi connectivity index (χ4v) is 5.66. The van der Waals surface area contributed by atoms with Gasteiger partial charge in [0.05, 0.1) is 6.54 Å². The van der Waals surface area contributed by atoms with Crippen LogP contribution in [-0.2, 0) is 19.6 Å². The first-order valence-electron chi connectivity index (χ1n) is 12.4. The topological polar surface area (TPSA) is 39.7 Å². The van der Waals surface area contributed by atoms with Gasteiger partial charge in [-0.1, -0.05) is 53.5 Å². The summed E-state index contributed by atoms with van der Waals surface area (Å²) in [5, 5.41) is 4.11. The molecular formula is C29H27Cl2FN4OS. The van der Waals surface area contributed by atoms with Crippen molar-refractivity contribution < 1.29 is 9.18 Å². The van der Waals surface area contributed by atoms with E-state index in [1.807, 2.05) is 58.8 Å². The van der Waals surface area contributed by atoms with E-state index in [0.29, 0.717) is 48.5 Å². The first-order valence-corrected chi connectivity index (χ1v) is 14.0. The third kappa shape index (κ3) is 6.91. The van der Waals surface area contributed by atoms with E-state index in [1.54, 1.807) is 12.1 Å². The van der Waals surface area contributed by atoms with Crippen LogP contribution >= 0.6 is 34.5 Å². The van der Waals surface area contributed by atoms with Crippen LogP contribution in [0.15, 0.2) is 78.2 Å². The molecule has 1 amide bonds. The highest BCUT2D eigenvalue weighted by Crippen LogP contribution is 2.23. The predicted molar refractivity (Wildman–Crippen MR) is 152 cm³/mol. The van der Waals surface area contributed by atoms with Crippen LogP contribution < -0.4 is 4.90 Å². The van der Waals surface area contributed by atoms with Crippen LogP contribution in [0.5, 0.6) is 0 Å². The van der Waals surface area contributed by atoms with E-state index in [2.05, 4.69) is 9.80 Å². The van der Waals surface area contributed by atoms with E-state index in [0.717, 1.165) is 34.9 Å². The van der Waals surface area contributed by atoms with Gasteiger partial charge < -0.3 is 9.80 Å². The number of aromatic nitrogens is 1. The third-order valence-corrected chi connectivity index (χ3v) is 7.83. The Labute approximate surface area is 236 Å². The van der Waals surface area contributed by atoms with Gasteiger partial charge in [0, 0.05) is 60.4 Å². The lowest BCUT2D eigenvalue weighted by molar-refractivity contribution is 0.0741. The molecular weight excluding hydrogens is 542 g/mol. The summed E-state index contributed by atoms with van der Waals surface area (Å²) in [5.74, 6) is -0.296. The minimum Gasteiger partial charge on any atom is -0.368 e. The maximum absolute atomic E-state index is 13.4. The average Bonchev–Trinajstić information content (AvgIpc) is 3.39. The fourth-order valence-electron chi connectivity index (χ4n) is 4.54. The largest absolute Gasteiger partial charge is 0.368 e. The normalized spacial score (nSPS) is 13.8. The molecule has 0 spiro atoms. The van der Waals surface area contributed by atoms with Gasteiger partial charge in [-0.3, -0.25) is 9.69 Å². The maximum atomic E-state index is 13.4. The van der Waals surface area contributed by atoms with Crippen molar-refractivity contribution >= 4 is 46.1 Å². The predicted octanol–water partition coefficient (Wildman–Crippen LogP) is 6.75. The van der Waals surface area contributed by atoms with Crippen LogP contribution in [0, 0.1) is 5.82 Å². The summed E-state index contributed by atoms with van der Waals surface area (Å²) in [4.78, 5) is 24.2. The Morgan fingerprint density at radius 3 is 2.18 bits per heavy atom. The Kier molecular flexibility index (Phi) is 8.59. The monoisotopic (exact) mass is 568 g/mol. The van der Waals surface area contributed by atoms with Crippen LogP contribution in [0.1, 0.15) is 26.6 Å². The Morgan fingerprint density at radius 2 is 1.53 bits per heavy atom. The summed E-state index contributed by atoms with van der Waals surface area (Å²) < 4.78 is 13.4. The summed E-state index contributed by atoms with van der Waals surface area (Å²) >= 11 is 13.7. The summed E-state index contributed by atoms with van der Waals surface area (Å²) in [6.45, 7) is 4.61. The molecule has 5 nitrogen and oxygen atoms in total. The van der Waals surface area contributed by atoms with E-state index in [-0.39, 0.29) is 11.7 Å². The van der Waals surface area contributed by atoms with Crippen molar-refractivity contribution in [2.24, 2.45) is 0 Å². The number of anilines is 1.